The van der Waals surface area contributed by atoms with Gasteiger partial charge in [-0.1, -0.05) is 18.2 Å². The van der Waals surface area contributed by atoms with Crippen molar-refractivity contribution in [2.24, 2.45) is 5.92 Å². The first-order chi connectivity index (χ1) is 8.33. The first kappa shape index (κ1) is 10.6. The Balaban J connectivity index is 1.67. The van der Waals surface area contributed by atoms with E-state index in [-0.39, 0.29) is 6.03 Å². The number of fused-ring (bicyclic) bond motifs is 3. The van der Waals surface area contributed by atoms with E-state index in [1.54, 1.807) is 0 Å². The molecule has 3 aliphatic heterocycles. The van der Waals surface area contributed by atoms with Gasteiger partial charge in [0, 0.05) is 25.3 Å². The zero-order valence-electron chi connectivity index (χ0n) is 9.80. The van der Waals surface area contributed by atoms with Crippen molar-refractivity contribution < 1.29 is 4.79 Å². The van der Waals surface area contributed by atoms with Crippen molar-refractivity contribution in [1.29, 1.82) is 0 Å². The normalized spacial score (nSPS) is 26.9. The predicted octanol–water partition coefficient (Wildman–Crippen LogP) is 2.16. The lowest BCUT2D eigenvalue weighted by Gasteiger charge is -2.47. The molecule has 3 aliphatic rings. The number of nitrogens with zero attached hydrogens (tertiary/aromatic N) is 2. The third-order valence-corrected chi connectivity index (χ3v) is 3.62. The zero-order chi connectivity index (χ0) is 11.7. The highest BCUT2D eigenvalue weighted by Crippen LogP contribution is 2.27. The van der Waals surface area contributed by atoms with E-state index in [0.717, 1.165) is 25.3 Å². The Morgan fingerprint density at radius 3 is 2.47 bits per heavy atom. The summed E-state index contributed by atoms with van der Waals surface area (Å²) >= 11 is 0. The largest absolute Gasteiger partial charge is 0.336 e. The Morgan fingerprint density at radius 2 is 1.88 bits per heavy atom. The van der Waals surface area contributed by atoms with Crippen LogP contribution in [0.1, 0.15) is 12.8 Å². The van der Waals surface area contributed by atoms with Gasteiger partial charge in [-0.25, -0.2) is 9.80 Å². The van der Waals surface area contributed by atoms with Crippen LogP contribution in [0.4, 0.5) is 10.5 Å². The number of amides is 2. The number of para-hydroxylation sites is 1. The monoisotopic (exact) mass is 231 g/mol. The van der Waals surface area contributed by atoms with Crippen LogP contribution in [0.2, 0.25) is 0 Å². The summed E-state index contributed by atoms with van der Waals surface area (Å²) in [6.07, 6.45) is 2.46. The molecule has 4 heteroatoms. The highest BCUT2D eigenvalue weighted by molar-refractivity contribution is 5.89. The van der Waals surface area contributed by atoms with Crippen molar-refractivity contribution in [3.8, 4) is 0 Å². The molecule has 0 aromatic heterocycles. The minimum absolute atomic E-state index is 0.000556. The minimum atomic E-state index is 0.000556. The van der Waals surface area contributed by atoms with E-state index in [9.17, 15) is 4.79 Å². The molecule has 0 spiro atoms. The molecule has 2 bridgehead atoms. The third-order valence-electron chi connectivity index (χ3n) is 3.62. The van der Waals surface area contributed by atoms with Crippen LogP contribution in [0.25, 0.3) is 0 Å². The van der Waals surface area contributed by atoms with Crippen LogP contribution in [0.5, 0.6) is 0 Å². The van der Waals surface area contributed by atoms with Gasteiger partial charge in [-0.3, -0.25) is 5.01 Å². The summed E-state index contributed by atoms with van der Waals surface area (Å²) in [5.41, 5.74) is 0.861. The highest BCUT2D eigenvalue weighted by Gasteiger charge is 2.34. The fourth-order valence-corrected chi connectivity index (χ4v) is 2.62. The summed E-state index contributed by atoms with van der Waals surface area (Å²) in [5.74, 6) is 0.696. The molecule has 0 unspecified atom stereocenters. The quantitative estimate of drug-likeness (QED) is 0.804. The predicted molar refractivity (Wildman–Crippen MR) is 66.5 cm³/mol. The fraction of sp³-hybridized carbons (Fsp3) is 0.462. The second kappa shape index (κ2) is 4.37. The van der Waals surface area contributed by atoms with Crippen molar-refractivity contribution in [3.63, 3.8) is 0 Å². The van der Waals surface area contributed by atoms with Gasteiger partial charge in [0.2, 0.25) is 0 Å². The van der Waals surface area contributed by atoms with Crippen molar-refractivity contribution >= 4 is 11.7 Å². The van der Waals surface area contributed by atoms with Crippen LogP contribution in [0.3, 0.4) is 0 Å². The average molecular weight is 231 g/mol. The number of carbonyl (C=O) groups is 1. The summed E-state index contributed by atoms with van der Waals surface area (Å²) in [6.45, 7) is 2.92. The van der Waals surface area contributed by atoms with Crippen LogP contribution < -0.4 is 5.32 Å². The molecule has 2 amide bonds. The lowest BCUT2D eigenvalue weighted by Crippen LogP contribution is -2.58. The standard InChI is InChI=1S/C13H17N3O/c17-13(14-12-4-2-1-3-5-12)16-10-11-6-8-15(16)9-7-11/h1-5,11H,6-10H2,(H,14,17). The second-order valence-corrected chi connectivity index (χ2v) is 4.78. The van der Waals surface area contributed by atoms with Gasteiger partial charge in [-0.2, -0.15) is 0 Å². The molecule has 0 aliphatic carbocycles. The number of anilines is 1. The number of nitrogens with one attached hydrogen (secondary N) is 1. The Labute approximate surface area is 101 Å². The molecule has 3 fully saturated rings. The van der Waals surface area contributed by atoms with Crippen LogP contribution in [0, 0.1) is 5.92 Å². The topological polar surface area (TPSA) is 35.6 Å². The maximum absolute atomic E-state index is 12.1. The molecular formula is C13H17N3O. The average Bonchev–Trinajstić information content (AvgIpc) is 2.41. The highest BCUT2D eigenvalue weighted by atomic mass is 16.2. The molecule has 1 aromatic rings. The van der Waals surface area contributed by atoms with E-state index >= 15 is 0 Å². The minimum Gasteiger partial charge on any atom is -0.307 e. The lowest BCUT2D eigenvalue weighted by atomic mass is 9.94. The van der Waals surface area contributed by atoms with Gasteiger partial charge in [0.05, 0.1) is 0 Å². The SMILES string of the molecule is O=C(Nc1ccccc1)N1CC2CCN1CC2. The van der Waals surface area contributed by atoms with E-state index in [4.69, 9.17) is 0 Å². The van der Waals surface area contributed by atoms with E-state index < -0.39 is 0 Å². The van der Waals surface area contributed by atoms with Crippen LogP contribution in [0.15, 0.2) is 30.3 Å². The van der Waals surface area contributed by atoms with E-state index in [1.165, 1.54) is 12.8 Å². The molecule has 4 rings (SSSR count). The van der Waals surface area contributed by atoms with E-state index in [2.05, 4.69) is 10.3 Å². The molecule has 3 saturated heterocycles. The molecule has 0 saturated carbocycles. The first-order valence-corrected chi connectivity index (χ1v) is 6.21. The maximum atomic E-state index is 12.1. The number of piperidine rings is 1. The van der Waals surface area contributed by atoms with Gasteiger partial charge in [0.15, 0.2) is 0 Å². The number of hydrogen-bond donors (Lipinski definition) is 1. The Bertz CT molecular complexity index is 398. The molecule has 3 heterocycles. The summed E-state index contributed by atoms with van der Waals surface area (Å²) in [4.78, 5) is 12.1. The summed E-state index contributed by atoms with van der Waals surface area (Å²) in [5, 5.41) is 6.97. The molecule has 90 valence electrons. The van der Waals surface area contributed by atoms with Crippen LogP contribution >= 0.6 is 0 Å². The summed E-state index contributed by atoms with van der Waals surface area (Å²) in [7, 11) is 0. The van der Waals surface area contributed by atoms with Gasteiger partial charge in [-0.15, -0.1) is 0 Å². The molecule has 17 heavy (non-hydrogen) atoms. The molecule has 0 atom stereocenters. The lowest BCUT2D eigenvalue weighted by molar-refractivity contribution is -0.0698. The van der Waals surface area contributed by atoms with Crippen molar-refractivity contribution in [2.45, 2.75) is 12.8 Å². The maximum Gasteiger partial charge on any atom is 0.336 e. The third kappa shape index (κ3) is 2.13. The van der Waals surface area contributed by atoms with Gasteiger partial charge in [0.25, 0.3) is 0 Å². The van der Waals surface area contributed by atoms with Gasteiger partial charge >= 0.3 is 6.03 Å². The zero-order valence-corrected chi connectivity index (χ0v) is 9.80. The van der Waals surface area contributed by atoms with Gasteiger partial charge in [-0.05, 0) is 30.9 Å². The Morgan fingerprint density at radius 1 is 1.18 bits per heavy atom. The number of carbonyl (C=O) groups excluding carboxylic acids is 1. The Kier molecular flexibility index (Phi) is 2.73. The molecule has 1 N–H and O–H groups in total. The summed E-state index contributed by atoms with van der Waals surface area (Å²) in [6, 6.07) is 9.63. The van der Waals surface area contributed by atoms with Gasteiger partial charge in [0.1, 0.15) is 0 Å². The van der Waals surface area contributed by atoms with Crippen molar-refractivity contribution in [1.82, 2.24) is 10.0 Å². The molecular weight excluding hydrogens is 214 g/mol. The smallest absolute Gasteiger partial charge is 0.307 e. The molecule has 4 nitrogen and oxygen atoms in total. The number of urea groups is 1. The number of rotatable bonds is 1. The van der Waals surface area contributed by atoms with Crippen molar-refractivity contribution in [2.75, 3.05) is 25.0 Å². The Hall–Kier alpha value is -1.55. The molecule has 1 aromatic carbocycles. The number of hydrazine groups is 1. The molecule has 0 radical (unpaired) electrons. The van der Waals surface area contributed by atoms with Crippen molar-refractivity contribution in [3.05, 3.63) is 30.3 Å². The summed E-state index contributed by atoms with van der Waals surface area (Å²) < 4.78 is 0. The van der Waals surface area contributed by atoms with Crippen LogP contribution in [-0.4, -0.2) is 35.7 Å². The van der Waals surface area contributed by atoms with Gasteiger partial charge < -0.3 is 5.32 Å². The fourth-order valence-electron chi connectivity index (χ4n) is 2.62. The van der Waals surface area contributed by atoms with Crippen LogP contribution in [-0.2, 0) is 0 Å². The van der Waals surface area contributed by atoms with E-state index in [1.807, 2.05) is 35.3 Å². The first-order valence-electron chi connectivity index (χ1n) is 6.21. The second-order valence-electron chi connectivity index (χ2n) is 4.78. The number of hydrogen-bond acceptors (Lipinski definition) is 2. The number of benzene rings is 1. The van der Waals surface area contributed by atoms with E-state index in [0.29, 0.717) is 5.92 Å².